The van der Waals surface area contributed by atoms with Crippen LogP contribution in [0.5, 0.6) is 0 Å². The molecule has 4 N–H and O–H groups in total. The van der Waals surface area contributed by atoms with E-state index < -0.39 is 6.10 Å². The number of hydrogen-bond acceptors (Lipinski definition) is 4. The molecule has 0 spiro atoms. The van der Waals surface area contributed by atoms with Crippen LogP contribution in [0.2, 0.25) is 0 Å². The minimum atomic E-state index is -0.443. The van der Waals surface area contributed by atoms with E-state index >= 15 is 0 Å². The predicted molar refractivity (Wildman–Crippen MR) is 84.6 cm³/mol. The zero-order valence-electron chi connectivity index (χ0n) is 12.8. The molecule has 0 radical (unpaired) electrons. The lowest BCUT2D eigenvalue weighted by Gasteiger charge is -2.13. The molecule has 22 heavy (non-hydrogen) atoms. The second kappa shape index (κ2) is 7.91. The molecule has 0 saturated carbocycles. The first kappa shape index (κ1) is 16.5. The van der Waals surface area contributed by atoms with Crippen LogP contribution in [0.25, 0.3) is 0 Å². The Kier molecular flexibility index (Phi) is 5.91. The van der Waals surface area contributed by atoms with E-state index in [0.29, 0.717) is 30.8 Å². The maximum Gasteiger partial charge on any atom is 0.253 e. The molecule has 2 rings (SSSR count). The summed E-state index contributed by atoms with van der Waals surface area (Å²) in [5.74, 6) is -0.274. The smallest absolute Gasteiger partial charge is 0.253 e. The molecule has 1 aliphatic heterocycles. The number of nitrogens with one attached hydrogen (secondary N) is 2. The van der Waals surface area contributed by atoms with Gasteiger partial charge in [0.2, 0.25) is 0 Å². The van der Waals surface area contributed by atoms with E-state index in [1.54, 1.807) is 24.3 Å². The zero-order chi connectivity index (χ0) is 15.9. The summed E-state index contributed by atoms with van der Waals surface area (Å²) in [5, 5.41) is 5.61. The van der Waals surface area contributed by atoms with Gasteiger partial charge in [0.05, 0.1) is 6.10 Å². The van der Waals surface area contributed by atoms with E-state index in [0.717, 1.165) is 12.8 Å². The third-order valence-electron chi connectivity index (χ3n) is 3.61. The topological polar surface area (TPSA) is 93.5 Å². The van der Waals surface area contributed by atoms with Crippen molar-refractivity contribution in [2.75, 3.05) is 18.4 Å². The first-order valence-corrected chi connectivity index (χ1v) is 7.68. The molecule has 0 aliphatic carbocycles. The van der Waals surface area contributed by atoms with Gasteiger partial charge < -0.3 is 21.1 Å². The highest BCUT2D eigenvalue weighted by molar-refractivity contribution is 5.96. The Morgan fingerprint density at radius 1 is 1.27 bits per heavy atom. The molecule has 6 nitrogen and oxygen atoms in total. The molecule has 2 atom stereocenters. The summed E-state index contributed by atoms with van der Waals surface area (Å²) >= 11 is 0. The van der Waals surface area contributed by atoms with E-state index in [4.69, 9.17) is 10.5 Å². The van der Waals surface area contributed by atoms with Crippen LogP contribution in [0, 0.1) is 0 Å². The van der Waals surface area contributed by atoms with Crippen molar-refractivity contribution in [3.05, 3.63) is 29.8 Å². The van der Waals surface area contributed by atoms with Gasteiger partial charge in [-0.25, -0.2) is 0 Å². The van der Waals surface area contributed by atoms with Crippen LogP contribution in [0.4, 0.5) is 5.69 Å². The number of nitrogens with two attached hydrogens (primary N) is 1. The lowest BCUT2D eigenvalue weighted by Crippen LogP contribution is -2.29. The highest BCUT2D eigenvalue weighted by Gasteiger charge is 2.29. The molecular weight excluding hydrogens is 282 g/mol. The first-order valence-electron chi connectivity index (χ1n) is 7.68. The molecule has 2 amide bonds. The average Bonchev–Trinajstić information content (AvgIpc) is 3.02. The number of carbonyl (C=O) groups excluding carboxylic acids is 2. The normalized spacial score (nSPS) is 20.6. The highest BCUT2D eigenvalue weighted by Crippen LogP contribution is 2.20. The molecule has 0 bridgehead atoms. The molecular formula is C16H23N3O3. The zero-order valence-corrected chi connectivity index (χ0v) is 12.8. The number of carbonyl (C=O) groups is 2. The molecule has 0 aromatic heterocycles. The second-order valence-electron chi connectivity index (χ2n) is 5.38. The Hall–Kier alpha value is -1.92. The van der Waals surface area contributed by atoms with Crippen molar-refractivity contribution >= 4 is 17.5 Å². The minimum Gasteiger partial charge on any atom is -0.364 e. The lowest BCUT2D eigenvalue weighted by atomic mass is 10.1. The number of hydrogen-bond donors (Lipinski definition) is 3. The monoisotopic (exact) mass is 305 g/mol. The van der Waals surface area contributed by atoms with Crippen molar-refractivity contribution in [3.63, 3.8) is 0 Å². The number of benzene rings is 1. The summed E-state index contributed by atoms with van der Waals surface area (Å²) in [6, 6.07) is 6.82. The van der Waals surface area contributed by atoms with Crippen molar-refractivity contribution in [2.45, 2.75) is 38.4 Å². The van der Waals surface area contributed by atoms with Crippen LogP contribution in [0.15, 0.2) is 24.3 Å². The Morgan fingerprint density at radius 3 is 2.59 bits per heavy atom. The average molecular weight is 305 g/mol. The molecule has 1 saturated heterocycles. The molecule has 1 aromatic rings. The highest BCUT2D eigenvalue weighted by atomic mass is 16.5. The van der Waals surface area contributed by atoms with Gasteiger partial charge in [0.1, 0.15) is 6.10 Å². The van der Waals surface area contributed by atoms with Gasteiger partial charge in [0.25, 0.3) is 11.8 Å². The third kappa shape index (κ3) is 4.29. The Morgan fingerprint density at radius 2 is 2.00 bits per heavy atom. The summed E-state index contributed by atoms with van der Waals surface area (Å²) in [6.07, 6.45) is 1.92. The summed E-state index contributed by atoms with van der Waals surface area (Å²) in [5.41, 5.74) is 6.76. The van der Waals surface area contributed by atoms with E-state index in [-0.39, 0.29) is 17.9 Å². The van der Waals surface area contributed by atoms with Gasteiger partial charge >= 0.3 is 0 Å². The van der Waals surface area contributed by atoms with E-state index in [1.807, 2.05) is 6.92 Å². The lowest BCUT2D eigenvalue weighted by molar-refractivity contribution is -0.126. The molecule has 120 valence electrons. The van der Waals surface area contributed by atoms with Crippen LogP contribution in [-0.2, 0) is 9.53 Å². The fourth-order valence-electron chi connectivity index (χ4n) is 2.34. The summed E-state index contributed by atoms with van der Waals surface area (Å²) in [7, 11) is 0. The van der Waals surface area contributed by atoms with Crippen LogP contribution >= 0.6 is 0 Å². The van der Waals surface area contributed by atoms with Crippen LogP contribution in [0.3, 0.4) is 0 Å². The van der Waals surface area contributed by atoms with Crippen LogP contribution in [0.1, 0.15) is 36.5 Å². The summed E-state index contributed by atoms with van der Waals surface area (Å²) in [6.45, 7) is 3.09. The largest absolute Gasteiger partial charge is 0.364 e. The molecule has 6 heteroatoms. The van der Waals surface area contributed by atoms with Gasteiger partial charge in [0.15, 0.2) is 0 Å². The fourth-order valence-corrected chi connectivity index (χ4v) is 2.34. The van der Waals surface area contributed by atoms with Crippen molar-refractivity contribution in [1.82, 2.24) is 5.32 Å². The van der Waals surface area contributed by atoms with Gasteiger partial charge in [-0.2, -0.15) is 0 Å². The van der Waals surface area contributed by atoms with E-state index in [9.17, 15) is 9.59 Å². The van der Waals surface area contributed by atoms with Gasteiger partial charge in [-0.05, 0) is 43.5 Å². The van der Waals surface area contributed by atoms with Crippen molar-refractivity contribution < 1.29 is 14.3 Å². The molecule has 1 aromatic carbocycles. The van der Waals surface area contributed by atoms with Gasteiger partial charge in [-0.1, -0.05) is 6.92 Å². The summed E-state index contributed by atoms with van der Waals surface area (Å²) in [4.78, 5) is 23.9. The Bertz CT molecular complexity index is 516. The number of anilines is 1. The SMILES string of the molecule is CCCNC(=O)c1ccc(NC(=O)[C@@H]2CC[C@H](CN)O2)cc1. The second-order valence-corrected chi connectivity index (χ2v) is 5.38. The Balaban J connectivity index is 1.88. The molecule has 1 heterocycles. The predicted octanol–water partition coefficient (Wildman–Crippen LogP) is 1.27. The fraction of sp³-hybridized carbons (Fsp3) is 0.500. The van der Waals surface area contributed by atoms with Crippen molar-refractivity contribution in [1.29, 1.82) is 0 Å². The van der Waals surface area contributed by atoms with Crippen molar-refractivity contribution in [2.24, 2.45) is 5.73 Å². The number of ether oxygens (including phenoxy) is 1. The van der Waals surface area contributed by atoms with Gasteiger partial charge in [-0.15, -0.1) is 0 Å². The molecule has 1 aliphatic rings. The standard InChI is InChI=1S/C16H23N3O3/c1-2-9-18-15(20)11-3-5-12(6-4-11)19-16(21)14-8-7-13(10-17)22-14/h3-6,13-14H,2,7-10,17H2,1H3,(H,18,20)(H,19,21)/t13-,14+/m1/s1. The van der Waals surface area contributed by atoms with Crippen LogP contribution < -0.4 is 16.4 Å². The molecule has 1 fully saturated rings. The summed E-state index contributed by atoms with van der Waals surface area (Å²) < 4.78 is 5.55. The molecule has 0 unspecified atom stereocenters. The van der Waals surface area contributed by atoms with Gasteiger partial charge in [-0.3, -0.25) is 9.59 Å². The third-order valence-corrected chi connectivity index (χ3v) is 3.61. The van der Waals surface area contributed by atoms with Gasteiger partial charge in [0, 0.05) is 24.3 Å². The van der Waals surface area contributed by atoms with E-state index in [2.05, 4.69) is 10.6 Å². The number of rotatable bonds is 6. The minimum absolute atomic E-state index is 0.0274. The van der Waals surface area contributed by atoms with E-state index in [1.165, 1.54) is 0 Å². The quantitative estimate of drug-likeness (QED) is 0.738. The van der Waals surface area contributed by atoms with Crippen LogP contribution in [-0.4, -0.2) is 37.1 Å². The number of amides is 2. The van der Waals surface area contributed by atoms with Crippen molar-refractivity contribution in [3.8, 4) is 0 Å². The Labute approximate surface area is 130 Å². The first-order chi connectivity index (χ1) is 10.6. The maximum absolute atomic E-state index is 12.1. The maximum atomic E-state index is 12.1.